The highest BCUT2D eigenvalue weighted by Gasteiger charge is 2.24. The number of fused-ring (bicyclic) bond motifs is 1. The van der Waals surface area contributed by atoms with Crippen LogP contribution in [0.4, 0.5) is 10.1 Å². The van der Waals surface area contributed by atoms with E-state index in [0.717, 1.165) is 22.8 Å². The van der Waals surface area contributed by atoms with Gasteiger partial charge in [-0.2, -0.15) is 0 Å². The summed E-state index contributed by atoms with van der Waals surface area (Å²) in [6.07, 6.45) is 0. The van der Waals surface area contributed by atoms with Crippen molar-refractivity contribution in [1.82, 2.24) is 0 Å². The monoisotopic (exact) mass is 429 g/mol. The topological polar surface area (TPSA) is 79.5 Å². The van der Waals surface area contributed by atoms with Gasteiger partial charge in [-0.15, -0.1) is 11.3 Å². The molecule has 8 heteroatoms. The van der Waals surface area contributed by atoms with Crippen molar-refractivity contribution in [3.63, 3.8) is 0 Å². The van der Waals surface area contributed by atoms with Gasteiger partial charge >= 0.3 is 5.97 Å². The number of hydrogen-bond donors (Lipinski definition) is 2. The van der Waals surface area contributed by atoms with E-state index in [4.69, 9.17) is 16.0 Å². The van der Waals surface area contributed by atoms with Crippen LogP contribution in [-0.2, 0) is 0 Å². The zero-order valence-corrected chi connectivity index (χ0v) is 16.5. The van der Waals surface area contributed by atoms with Crippen LogP contribution >= 0.6 is 22.9 Å². The molecule has 0 aliphatic heterocycles. The zero-order chi connectivity index (χ0) is 20.7. The Morgan fingerprint density at radius 3 is 2.69 bits per heavy atom. The van der Waals surface area contributed by atoms with Gasteiger partial charge in [-0.05, 0) is 36.8 Å². The molecule has 0 aliphatic carbocycles. The summed E-state index contributed by atoms with van der Waals surface area (Å²) in [6.45, 7) is 1.70. The van der Waals surface area contributed by atoms with Gasteiger partial charge < -0.3 is 14.8 Å². The maximum absolute atomic E-state index is 14.4. The number of carbonyl (C=O) groups excluding carboxylic acids is 1. The summed E-state index contributed by atoms with van der Waals surface area (Å²) in [5.74, 6) is -2.47. The first kappa shape index (κ1) is 19.2. The molecular formula is C21H13ClFNO4S. The molecule has 146 valence electrons. The lowest BCUT2D eigenvalue weighted by atomic mass is 10.1. The highest BCUT2D eigenvalue weighted by molar-refractivity contribution is 7.14. The van der Waals surface area contributed by atoms with Crippen LogP contribution in [0.1, 0.15) is 26.5 Å². The van der Waals surface area contributed by atoms with Crippen LogP contribution in [0.3, 0.4) is 0 Å². The van der Waals surface area contributed by atoms with E-state index in [-0.39, 0.29) is 32.5 Å². The lowest BCUT2D eigenvalue weighted by Crippen LogP contribution is -2.13. The normalized spacial score (nSPS) is 11.0. The number of carbonyl (C=O) groups is 2. The van der Waals surface area contributed by atoms with E-state index >= 15 is 0 Å². The van der Waals surface area contributed by atoms with E-state index in [2.05, 4.69) is 5.32 Å². The minimum absolute atomic E-state index is 0.0452. The molecule has 0 saturated heterocycles. The summed E-state index contributed by atoms with van der Waals surface area (Å²) >= 11 is 6.95. The number of furan rings is 1. The Kier molecular flexibility index (Phi) is 4.86. The Hall–Kier alpha value is -3.16. The van der Waals surface area contributed by atoms with Gasteiger partial charge in [0.2, 0.25) is 0 Å². The fourth-order valence-corrected chi connectivity index (χ4v) is 4.13. The van der Waals surface area contributed by atoms with Gasteiger partial charge in [0.1, 0.15) is 17.0 Å². The SMILES string of the molecule is Cc1cc(-c2scc(NC(=O)c3cc4ccccc4o3)c2C(=O)O)c(F)cc1Cl. The summed E-state index contributed by atoms with van der Waals surface area (Å²) in [7, 11) is 0. The molecule has 2 aromatic carbocycles. The van der Waals surface area contributed by atoms with Gasteiger partial charge in [-0.1, -0.05) is 29.8 Å². The molecule has 0 fully saturated rings. The predicted octanol–water partition coefficient (Wildman–Crippen LogP) is 6.21. The number of anilines is 1. The Balaban J connectivity index is 1.73. The van der Waals surface area contributed by atoms with Crippen LogP contribution in [0.25, 0.3) is 21.4 Å². The average molecular weight is 430 g/mol. The third-order valence-electron chi connectivity index (χ3n) is 4.40. The number of hydrogen-bond acceptors (Lipinski definition) is 4. The standard InChI is InChI=1S/C21H13ClFNO4S/c1-10-6-12(14(23)8-13(10)22)19-18(21(26)27)15(9-29-19)24-20(25)17-7-11-4-2-3-5-16(11)28-17/h2-9H,1H3,(H,24,25)(H,26,27). The number of carboxylic acids is 1. The summed E-state index contributed by atoms with van der Waals surface area (Å²) < 4.78 is 20.0. The van der Waals surface area contributed by atoms with E-state index in [1.54, 1.807) is 31.2 Å². The molecule has 0 saturated carbocycles. The molecular weight excluding hydrogens is 417 g/mol. The maximum Gasteiger partial charge on any atom is 0.339 e. The number of benzene rings is 2. The van der Waals surface area contributed by atoms with Crippen molar-refractivity contribution in [2.75, 3.05) is 5.32 Å². The second-order valence-corrected chi connectivity index (χ2v) is 7.63. The van der Waals surface area contributed by atoms with Crippen molar-refractivity contribution in [2.24, 2.45) is 0 Å². The highest BCUT2D eigenvalue weighted by Crippen LogP contribution is 2.39. The van der Waals surface area contributed by atoms with E-state index in [9.17, 15) is 19.1 Å². The molecule has 4 rings (SSSR count). The van der Waals surface area contributed by atoms with Crippen molar-refractivity contribution >= 4 is 51.5 Å². The molecule has 2 aromatic heterocycles. The Morgan fingerprint density at radius 2 is 1.97 bits per heavy atom. The lowest BCUT2D eigenvalue weighted by Gasteiger charge is -2.07. The summed E-state index contributed by atoms with van der Waals surface area (Å²) in [4.78, 5) is 24.7. The van der Waals surface area contributed by atoms with Crippen molar-refractivity contribution < 1.29 is 23.5 Å². The van der Waals surface area contributed by atoms with E-state index in [1.807, 2.05) is 6.07 Å². The largest absolute Gasteiger partial charge is 0.478 e. The molecule has 0 bridgehead atoms. The molecule has 0 atom stereocenters. The van der Waals surface area contributed by atoms with Crippen LogP contribution in [-0.4, -0.2) is 17.0 Å². The summed E-state index contributed by atoms with van der Waals surface area (Å²) in [6, 6.07) is 11.3. The van der Waals surface area contributed by atoms with Crippen LogP contribution in [0.5, 0.6) is 0 Å². The van der Waals surface area contributed by atoms with Crippen LogP contribution in [0, 0.1) is 12.7 Å². The van der Waals surface area contributed by atoms with Crippen LogP contribution in [0.15, 0.2) is 52.3 Å². The van der Waals surface area contributed by atoms with Gasteiger partial charge in [0.05, 0.1) is 10.6 Å². The minimum atomic E-state index is -1.28. The van der Waals surface area contributed by atoms with Gasteiger partial charge in [0.25, 0.3) is 5.91 Å². The number of halogens is 2. The fraction of sp³-hybridized carbons (Fsp3) is 0.0476. The number of nitrogens with one attached hydrogen (secondary N) is 1. The van der Waals surface area contributed by atoms with E-state index < -0.39 is 17.7 Å². The first-order valence-electron chi connectivity index (χ1n) is 8.46. The zero-order valence-electron chi connectivity index (χ0n) is 15.0. The maximum atomic E-state index is 14.4. The smallest absolute Gasteiger partial charge is 0.339 e. The second-order valence-electron chi connectivity index (χ2n) is 6.34. The van der Waals surface area contributed by atoms with Crippen molar-refractivity contribution in [3.8, 4) is 10.4 Å². The quantitative estimate of drug-likeness (QED) is 0.404. The van der Waals surface area contributed by atoms with Crippen molar-refractivity contribution in [1.29, 1.82) is 0 Å². The van der Waals surface area contributed by atoms with Crippen LogP contribution in [0.2, 0.25) is 5.02 Å². The summed E-state index contributed by atoms with van der Waals surface area (Å²) in [5.41, 5.74) is 1.13. The Bertz CT molecular complexity index is 1240. The Morgan fingerprint density at radius 1 is 1.21 bits per heavy atom. The number of carboxylic acid groups (broad SMARTS) is 1. The van der Waals surface area contributed by atoms with Gasteiger partial charge in [-0.25, -0.2) is 9.18 Å². The molecule has 1 amide bonds. The van der Waals surface area contributed by atoms with Crippen molar-refractivity contribution in [2.45, 2.75) is 6.92 Å². The Labute approximate surface area is 173 Å². The van der Waals surface area contributed by atoms with Crippen molar-refractivity contribution in [3.05, 3.63) is 75.6 Å². The number of thiophene rings is 1. The lowest BCUT2D eigenvalue weighted by molar-refractivity contribution is 0.0699. The average Bonchev–Trinajstić information content (AvgIpc) is 3.28. The molecule has 0 spiro atoms. The molecule has 29 heavy (non-hydrogen) atoms. The molecule has 0 unspecified atom stereocenters. The third kappa shape index (κ3) is 3.50. The van der Waals surface area contributed by atoms with Gasteiger partial charge in [-0.3, -0.25) is 4.79 Å². The number of aryl methyl sites for hydroxylation is 1. The molecule has 0 aliphatic rings. The molecule has 5 nitrogen and oxygen atoms in total. The number of para-hydroxylation sites is 1. The number of amides is 1. The molecule has 2 heterocycles. The fourth-order valence-electron chi connectivity index (χ4n) is 2.97. The summed E-state index contributed by atoms with van der Waals surface area (Å²) in [5, 5.41) is 14.7. The number of rotatable bonds is 4. The minimum Gasteiger partial charge on any atom is -0.478 e. The number of aromatic carboxylic acids is 1. The van der Waals surface area contributed by atoms with Crippen LogP contribution < -0.4 is 5.32 Å². The van der Waals surface area contributed by atoms with Gasteiger partial charge in [0, 0.05) is 21.4 Å². The third-order valence-corrected chi connectivity index (χ3v) is 5.82. The van der Waals surface area contributed by atoms with Gasteiger partial charge in [0.15, 0.2) is 5.76 Å². The highest BCUT2D eigenvalue weighted by atomic mass is 35.5. The first-order valence-corrected chi connectivity index (χ1v) is 9.71. The molecule has 2 N–H and O–H groups in total. The molecule has 4 aromatic rings. The first-order chi connectivity index (χ1) is 13.8. The second kappa shape index (κ2) is 7.35. The van der Waals surface area contributed by atoms with E-state index in [1.165, 1.54) is 11.4 Å². The molecule has 0 radical (unpaired) electrons. The predicted molar refractivity (Wildman–Crippen MR) is 111 cm³/mol. The van der Waals surface area contributed by atoms with E-state index in [0.29, 0.717) is 11.1 Å².